The summed E-state index contributed by atoms with van der Waals surface area (Å²) >= 11 is 9.30. The summed E-state index contributed by atoms with van der Waals surface area (Å²) in [5, 5.41) is 8.58. The molecule has 0 aliphatic carbocycles. The molecule has 0 N–H and O–H groups in total. The van der Waals surface area contributed by atoms with E-state index >= 15 is 0 Å². The quantitative estimate of drug-likeness (QED) is 0.605. The van der Waals surface area contributed by atoms with Gasteiger partial charge in [-0.25, -0.2) is 9.48 Å². The predicted octanol–water partition coefficient (Wildman–Crippen LogP) is 4.35. The van der Waals surface area contributed by atoms with Gasteiger partial charge >= 0.3 is 5.97 Å². The molecule has 0 atom stereocenters. The van der Waals surface area contributed by atoms with Gasteiger partial charge in [-0.1, -0.05) is 44.9 Å². The number of ether oxygens (including phenoxy) is 1. The van der Waals surface area contributed by atoms with E-state index in [1.165, 1.54) is 0 Å². The van der Waals surface area contributed by atoms with Crippen molar-refractivity contribution in [2.75, 3.05) is 0 Å². The lowest BCUT2D eigenvalue weighted by molar-refractivity contribution is 0.0464. The van der Waals surface area contributed by atoms with E-state index < -0.39 is 5.97 Å². The lowest BCUT2D eigenvalue weighted by Gasteiger charge is -2.05. The van der Waals surface area contributed by atoms with Crippen LogP contribution in [0.4, 0.5) is 0 Å². The van der Waals surface area contributed by atoms with Gasteiger partial charge in [0.15, 0.2) is 5.69 Å². The third kappa shape index (κ3) is 3.66. The Bertz CT molecular complexity index is 878. The molecule has 0 saturated carbocycles. The maximum absolute atomic E-state index is 12.2. The molecule has 0 saturated heterocycles. The highest BCUT2D eigenvalue weighted by Gasteiger charge is 2.18. The zero-order valence-corrected chi connectivity index (χ0v) is 15.1. The van der Waals surface area contributed by atoms with Crippen LogP contribution in [0.2, 0.25) is 5.02 Å². The normalized spacial score (nSPS) is 10.6. The summed E-state index contributed by atoms with van der Waals surface area (Å²) in [4.78, 5) is 12.2. The van der Waals surface area contributed by atoms with E-state index in [0.717, 1.165) is 15.7 Å². The van der Waals surface area contributed by atoms with E-state index in [4.69, 9.17) is 16.3 Å². The smallest absolute Gasteiger partial charge is 0.361 e. The second kappa shape index (κ2) is 7.15. The molecule has 0 aliphatic rings. The van der Waals surface area contributed by atoms with Crippen molar-refractivity contribution >= 4 is 33.5 Å². The molecule has 3 rings (SSSR count). The highest BCUT2D eigenvalue weighted by Crippen LogP contribution is 2.17. The number of halogens is 2. The topological polar surface area (TPSA) is 57.0 Å². The van der Waals surface area contributed by atoms with Crippen LogP contribution in [0.5, 0.6) is 0 Å². The molecule has 0 fully saturated rings. The number of hydrogen-bond acceptors (Lipinski definition) is 4. The number of rotatable bonds is 4. The lowest BCUT2D eigenvalue weighted by Crippen LogP contribution is -2.08. The first-order chi connectivity index (χ1) is 11.5. The highest BCUT2D eigenvalue weighted by molar-refractivity contribution is 9.10. The minimum atomic E-state index is -0.518. The summed E-state index contributed by atoms with van der Waals surface area (Å²) in [6, 6.07) is 14.7. The molecule has 0 aliphatic heterocycles. The number of esters is 1. The van der Waals surface area contributed by atoms with Crippen LogP contribution in [0.25, 0.3) is 5.69 Å². The Morgan fingerprint density at radius 2 is 2.00 bits per heavy atom. The fraction of sp³-hybridized carbons (Fsp3) is 0.118. The van der Waals surface area contributed by atoms with Crippen LogP contribution in [0.15, 0.2) is 53.0 Å². The summed E-state index contributed by atoms with van der Waals surface area (Å²) in [5.41, 5.74) is 2.44. The van der Waals surface area contributed by atoms with Crippen LogP contribution in [0.1, 0.15) is 21.7 Å². The average molecular weight is 407 g/mol. The van der Waals surface area contributed by atoms with Crippen LogP contribution in [0, 0.1) is 6.92 Å². The van der Waals surface area contributed by atoms with Gasteiger partial charge < -0.3 is 4.74 Å². The van der Waals surface area contributed by atoms with E-state index in [1.807, 2.05) is 30.3 Å². The maximum Gasteiger partial charge on any atom is 0.361 e. The molecule has 2 aromatic carbocycles. The standard InChI is InChI=1S/C17H13BrClN3O2/c1-11-16(17(23)24-10-12-3-2-4-14(19)9-12)20-21-22(11)15-7-5-13(18)6-8-15/h2-9H,10H2,1H3. The van der Waals surface area contributed by atoms with Gasteiger partial charge in [-0.05, 0) is 48.9 Å². The SMILES string of the molecule is Cc1c(C(=O)OCc2cccc(Cl)c2)nnn1-c1ccc(Br)cc1. The number of aromatic nitrogens is 3. The Morgan fingerprint density at radius 3 is 2.71 bits per heavy atom. The average Bonchev–Trinajstić information content (AvgIpc) is 2.95. The minimum Gasteiger partial charge on any atom is -0.456 e. The summed E-state index contributed by atoms with van der Waals surface area (Å²) in [6.07, 6.45) is 0. The van der Waals surface area contributed by atoms with Crippen molar-refractivity contribution in [3.05, 3.63) is 75.0 Å². The van der Waals surface area contributed by atoms with E-state index in [0.29, 0.717) is 10.7 Å². The molecule has 0 unspecified atom stereocenters. The Hall–Kier alpha value is -2.18. The number of nitrogens with zero attached hydrogens (tertiary/aromatic N) is 3. The maximum atomic E-state index is 12.2. The predicted molar refractivity (Wildman–Crippen MR) is 94.4 cm³/mol. The van der Waals surface area contributed by atoms with Crippen molar-refractivity contribution in [2.24, 2.45) is 0 Å². The molecule has 0 spiro atoms. The van der Waals surface area contributed by atoms with Crippen molar-refractivity contribution in [3.8, 4) is 5.69 Å². The van der Waals surface area contributed by atoms with E-state index in [2.05, 4.69) is 26.2 Å². The highest BCUT2D eigenvalue weighted by atomic mass is 79.9. The Kier molecular flexibility index (Phi) is 4.97. The molecular weight excluding hydrogens is 394 g/mol. The van der Waals surface area contributed by atoms with Gasteiger partial charge in [0.25, 0.3) is 0 Å². The summed E-state index contributed by atoms with van der Waals surface area (Å²) in [6.45, 7) is 1.90. The van der Waals surface area contributed by atoms with Gasteiger partial charge in [0.2, 0.25) is 0 Å². The Morgan fingerprint density at radius 1 is 1.25 bits per heavy atom. The molecule has 1 aromatic heterocycles. The molecule has 0 amide bonds. The van der Waals surface area contributed by atoms with Crippen LogP contribution in [0.3, 0.4) is 0 Å². The lowest BCUT2D eigenvalue weighted by atomic mass is 10.2. The third-order valence-corrected chi connectivity index (χ3v) is 4.18. The number of benzene rings is 2. The first-order valence-corrected chi connectivity index (χ1v) is 8.31. The molecule has 122 valence electrons. The van der Waals surface area contributed by atoms with Crippen molar-refractivity contribution in [3.63, 3.8) is 0 Å². The van der Waals surface area contributed by atoms with Gasteiger partial charge in [0.1, 0.15) is 6.61 Å². The van der Waals surface area contributed by atoms with E-state index in [-0.39, 0.29) is 12.3 Å². The zero-order chi connectivity index (χ0) is 17.1. The zero-order valence-electron chi connectivity index (χ0n) is 12.7. The monoisotopic (exact) mass is 405 g/mol. The van der Waals surface area contributed by atoms with Gasteiger partial charge in [0.05, 0.1) is 11.4 Å². The Balaban J connectivity index is 1.75. The molecule has 7 heteroatoms. The second-order valence-electron chi connectivity index (χ2n) is 5.12. The number of hydrogen-bond donors (Lipinski definition) is 0. The molecular formula is C17H13BrClN3O2. The Labute approximate surface area is 152 Å². The summed E-state index contributed by atoms with van der Waals surface area (Å²) < 4.78 is 7.86. The molecule has 0 bridgehead atoms. The van der Waals surface area contributed by atoms with Crippen LogP contribution in [-0.2, 0) is 11.3 Å². The van der Waals surface area contributed by atoms with Gasteiger partial charge in [-0.2, -0.15) is 0 Å². The van der Waals surface area contributed by atoms with Crippen LogP contribution >= 0.6 is 27.5 Å². The molecule has 5 nitrogen and oxygen atoms in total. The van der Waals surface area contributed by atoms with E-state index in [9.17, 15) is 4.79 Å². The third-order valence-electron chi connectivity index (χ3n) is 3.42. The van der Waals surface area contributed by atoms with Crippen LogP contribution in [-0.4, -0.2) is 21.0 Å². The summed E-state index contributed by atoms with van der Waals surface area (Å²) in [7, 11) is 0. The molecule has 0 radical (unpaired) electrons. The first-order valence-electron chi connectivity index (χ1n) is 7.14. The van der Waals surface area contributed by atoms with Gasteiger partial charge in [0, 0.05) is 9.50 Å². The minimum absolute atomic E-state index is 0.129. The van der Waals surface area contributed by atoms with Crippen LogP contribution < -0.4 is 0 Å². The molecule has 24 heavy (non-hydrogen) atoms. The largest absolute Gasteiger partial charge is 0.456 e. The van der Waals surface area contributed by atoms with Crippen molar-refractivity contribution in [1.29, 1.82) is 0 Å². The first kappa shape index (κ1) is 16.7. The fourth-order valence-electron chi connectivity index (χ4n) is 2.19. The summed E-state index contributed by atoms with van der Waals surface area (Å²) in [5.74, 6) is -0.518. The van der Waals surface area contributed by atoms with E-state index in [1.54, 1.807) is 29.8 Å². The number of carbonyl (C=O) groups excluding carboxylic acids is 1. The van der Waals surface area contributed by atoms with Crippen molar-refractivity contribution in [2.45, 2.75) is 13.5 Å². The van der Waals surface area contributed by atoms with Crippen molar-refractivity contribution in [1.82, 2.24) is 15.0 Å². The fourth-order valence-corrected chi connectivity index (χ4v) is 2.67. The van der Waals surface area contributed by atoms with Gasteiger partial charge in [-0.15, -0.1) is 5.10 Å². The molecule has 1 heterocycles. The van der Waals surface area contributed by atoms with Crippen molar-refractivity contribution < 1.29 is 9.53 Å². The second-order valence-corrected chi connectivity index (χ2v) is 6.47. The van der Waals surface area contributed by atoms with Gasteiger partial charge in [-0.3, -0.25) is 0 Å². The number of carbonyl (C=O) groups is 1. The molecule has 3 aromatic rings.